The lowest BCUT2D eigenvalue weighted by atomic mass is 9.95. The highest BCUT2D eigenvalue weighted by atomic mass is 19.3. The van der Waals surface area contributed by atoms with Crippen LogP contribution in [0.4, 0.5) is 23.7 Å². The van der Waals surface area contributed by atoms with Gasteiger partial charge in [-0.05, 0) is 31.0 Å². The summed E-state index contributed by atoms with van der Waals surface area (Å²) >= 11 is 0. The largest absolute Gasteiger partial charge is 0.351 e. The SMILES string of the molecule is NC(=O)N1C[CH]C[C@H]1C(CN1CCC(F)(F)C1)C(=O)Nc1ccc(-n2ccccc2=O)cc1F. The quantitative estimate of drug-likeness (QED) is 0.668. The number of primary amides is 1. The summed E-state index contributed by atoms with van der Waals surface area (Å²) in [5, 5.41) is 2.53. The van der Waals surface area contributed by atoms with E-state index in [-0.39, 0.29) is 43.0 Å². The van der Waals surface area contributed by atoms with E-state index in [9.17, 15) is 27.6 Å². The average molecular weight is 476 g/mol. The van der Waals surface area contributed by atoms with Crippen molar-refractivity contribution in [2.75, 3.05) is 31.5 Å². The van der Waals surface area contributed by atoms with E-state index in [0.29, 0.717) is 6.42 Å². The summed E-state index contributed by atoms with van der Waals surface area (Å²) in [5.74, 6) is -5.12. The number of nitrogens with two attached hydrogens (primary N) is 1. The van der Waals surface area contributed by atoms with E-state index in [2.05, 4.69) is 5.32 Å². The fourth-order valence-corrected chi connectivity index (χ4v) is 4.52. The topological polar surface area (TPSA) is 101 Å². The highest BCUT2D eigenvalue weighted by molar-refractivity contribution is 5.94. The van der Waals surface area contributed by atoms with Gasteiger partial charge < -0.3 is 16.0 Å². The van der Waals surface area contributed by atoms with Gasteiger partial charge >= 0.3 is 6.03 Å². The molecule has 8 nitrogen and oxygen atoms in total. The van der Waals surface area contributed by atoms with Crippen molar-refractivity contribution in [3.8, 4) is 5.69 Å². The number of likely N-dealkylation sites (tertiary alicyclic amines) is 2. The number of carbonyl (C=O) groups is 2. The molecule has 181 valence electrons. The first-order chi connectivity index (χ1) is 16.1. The van der Waals surface area contributed by atoms with Gasteiger partial charge in [-0.2, -0.15) is 0 Å². The van der Waals surface area contributed by atoms with Crippen molar-refractivity contribution in [3.63, 3.8) is 0 Å². The smallest absolute Gasteiger partial charge is 0.315 e. The Hall–Kier alpha value is -3.34. The number of aromatic nitrogens is 1. The number of alkyl halides is 2. The number of hydrogen-bond acceptors (Lipinski definition) is 4. The number of hydrogen-bond donors (Lipinski definition) is 2. The van der Waals surface area contributed by atoms with Gasteiger partial charge in [0.05, 0.1) is 23.8 Å². The van der Waals surface area contributed by atoms with Crippen LogP contribution in [0.1, 0.15) is 12.8 Å². The molecule has 1 aromatic heterocycles. The highest BCUT2D eigenvalue weighted by Crippen LogP contribution is 2.31. The molecule has 2 fully saturated rings. The second-order valence-corrected chi connectivity index (χ2v) is 8.59. The van der Waals surface area contributed by atoms with Gasteiger partial charge in [0.1, 0.15) is 5.82 Å². The van der Waals surface area contributed by atoms with Crippen LogP contribution in [0.5, 0.6) is 0 Å². The number of amides is 3. The summed E-state index contributed by atoms with van der Waals surface area (Å²) in [4.78, 5) is 39.9. The lowest BCUT2D eigenvalue weighted by Crippen LogP contribution is -2.50. The number of benzene rings is 1. The first-order valence-corrected chi connectivity index (χ1v) is 10.9. The number of pyridine rings is 1. The second-order valence-electron chi connectivity index (χ2n) is 8.59. The minimum absolute atomic E-state index is 0.0250. The number of rotatable bonds is 6. The van der Waals surface area contributed by atoms with Crippen molar-refractivity contribution >= 4 is 17.6 Å². The van der Waals surface area contributed by atoms with Gasteiger partial charge in [-0.15, -0.1) is 0 Å². The first-order valence-electron chi connectivity index (χ1n) is 10.9. The zero-order valence-electron chi connectivity index (χ0n) is 18.3. The molecule has 2 saturated heterocycles. The maximum atomic E-state index is 14.8. The molecular formula is C23H25F3N5O3. The van der Waals surface area contributed by atoms with E-state index < -0.39 is 42.2 Å². The van der Waals surface area contributed by atoms with E-state index in [1.165, 1.54) is 38.8 Å². The van der Waals surface area contributed by atoms with Crippen LogP contribution < -0.4 is 16.6 Å². The third-order valence-corrected chi connectivity index (χ3v) is 6.23. The van der Waals surface area contributed by atoms with E-state index in [4.69, 9.17) is 5.73 Å². The van der Waals surface area contributed by atoms with Crippen LogP contribution in [-0.4, -0.2) is 64.4 Å². The minimum Gasteiger partial charge on any atom is -0.351 e. The Morgan fingerprint density at radius 3 is 2.68 bits per heavy atom. The lowest BCUT2D eigenvalue weighted by molar-refractivity contribution is -0.122. The fraction of sp³-hybridized carbons (Fsp3) is 0.391. The number of nitrogens with one attached hydrogen (secondary N) is 1. The standard InChI is InChI=1S/C23H25F3N5O3/c24-17-12-15(30-9-2-1-5-20(30)32)6-7-18(17)28-21(33)16(13-29-11-8-23(25,26)14-29)19-4-3-10-31(19)22(27)34/h1-3,5-7,9,12,16,19H,4,8,10-11,13-14H2,(H2,27,34)(H,28,33)/t16?,19-/m0/s1. The molecule has 0 spiro atoms. The van der Waals surface area contributed by atoms with Crippen LogP contribution in [0.15, 0.2) is 47.4 Å². The Balaban J connectivity index is 1.56. The molecule has 34 heavy (non-hydrogen) atoms. The maximum absolute atomic E-state index is 14.8. The molecule has 3 N–H and O–H groups in total. The Bertz CT molecular complexity index is 1140. The number of urea groups is 1. The molecule has 1 aromatic carbocycles. The summed E-state index contributed by atoms with van der Waals surface area (Å²) in [5.41, 5.74) is 5.27. The summed E-state index contributed by atoms with van der Waals surface area (Å²) in [7, 11) is 0. The summed E-state index contributed by atoms with van der Waals surface area (Å²) in [6.45, 7) is -0.158. The van der Waals surface area contributed by atoms with Crippen molar-refractivity contribution in [2.45, 2.75) is 24.8 Å². The van der Waals surface area contributed by atoms with Crippen molar-refractivity contribution in [1.29, 1.82) is 0 Å². The Labute approximate surface area is 194 Å². The molecule has 2 aliphatic heterocycles. The summed E-state index contributed by atoms with van der Waals surface area (Å²) in [6, 6.07) is 7.12. The van der Waals surface area contributed by atoms with Crippen LogP contribution in [0, 0.1) is 18.2 Å². The minimum atomic E-state index is -2.84. The molecule has 2 aliphatic rings. The third-order valence-electron chi connectivity index (χ3n) is 6.23. The second kappa shape index (κ2) is 9.49. The molecule has 4 rings (SSSR count). The van der Waals surface area contributed by atoms with Crippen molar-refractivity contribution in [1.82, 2.24) is 14.4 Å². The van der Waals surface area contributed by atoms with Crippen molar-refractivity contribution in [3.05, 3.63) is 65.2 Å². The predicted molar refractivity (Wildman–Crippen MR) is 119 cm³/mol. The van der Waals surface area contributed by atoms with Gasteiger partial charge in [-0.3, -0.25) is 19.1 Å². The average Bonchev–Trinajstić information content (AvgIpc) is 3.40. The fourth-order valence-electron chi connectivity index (χ4n) is 4.52. The molecule has 3 amide bonds. The normalized spacial score (nSPS) is 20.9. The molecule has 3 heterocycles. The molecule has 11 heteroatoms. The summed E-state index contributed by atoms with van der Waals surface area (Å²) in [6.07, 6.45) is 3.34. The maximum Gasteiger partial charge on any atom is 0.315 e. The van der Waals surface area contributed by atoms with Crippen LogP contribution in [0.25, 0.3) is 5.69 Å². The monoisotopic (exact) mass is 476 g/mol. The molecule has 2 atom stereocenters. The zero-order chi connectivity index (χ0) is 24.5. The Morgan fingerprint density at radius 2 is 2.03 bits per heavy atom. The van der Waals surface area contributed by atoms with E-state index in [1.54, 1.807) is 18.6 Å². The summed E-state index contributed by atoms with van der Waals surface area (Å²) < 4.78 is 43.6. The Kier molecular flexibility index (Phi) is 6.65. The van der Waals surface area contributed by atoms with Crippen LogP contribution in [-0.2, 0) is 4.79 Å². The molecule has 0 bridgehead atoms. The van der Waals surface area contributed by atoms with E-state index in [1.807, 2.05) is 0 Å². The molecule has 2 aromatic rings. The molecule has 1 radical (unpaired) electrons. The van der Waals surface area contributed by atoms with Gasteiger partial charge in [-0.1, -0.05) is 6.07 Å². The van der Waals surface area contributed by atoms with Crippen LogP contribution in [0.2, 0.25) is 0 Å². The molecule has 0 aliphatic carbocycles. The van der Waals surface area contributed by atoms with Gasteiger partial charge in [0.15, 0.2) is 0 Å². The van der Waals surface area contributed by atoms with Crippen LogP contribution >= 0.6 is 0 Å². The number of anilines is 1. The van der Waals surface area contributed by atoms with Gasteiger partial charge in [0.25, 0.3) is 11.5 Å². The van der Waals surface area contributed by atoms with Crippen molar-refractivity contribution in [2.24, 2.45) is 11.7 Å². The van der Waals surface area contributed by atoms with Crippen LogP contribution in [0.3, 0.4) is 0 Å². The van der Waals surface area contributed by atoms with Gasteiger partial charge in [0, 0.05) is 50.4 Å². The number of carbonyl (C=O) groups excluding carboxylic acids is 2. The molecule has 0 saturated carbocycles. The number of nitrogens with zero attached hydrogens (tertiary/aromatic N) is 3. The first kappa shape index (κ1) is 23.8. The van der Waals surface area contributed by atoms with Gasteiger partial charge in [0.2, 0.25) is 5.91 Å². The van der Waals surface area contributed by atoms with E-state index in [0.717, 1.165) is 6.07 Å². The molecule has 1 unspecified atom stereocenters. The lowest BCUT2D eigenvalue weighted by Gasteiger charge is -2.32. The third kappa shape index (κ3) is 5.09. The predicted octanol–water partition coefficient (Wildman–Crippen LogP) is 2.23. The highest BCUT2D eigenvalue weighted by Gasteiger charge is 2.43. The van der Waals surface area contributed by atoms with Gasteiger partial charge in [-0.25, -0.2) is 18.0 Å². The Morgan fingerprint density at radius 1 is 1.24 bits per heavy atom. The zero-order valence-corrected chi connectivity index (χ0v) is 18.3. The molecular weight excluding hydrogens is 451 g/mol. The number of halogens is 3. The van der Waals surface area contributed by atoms with E-state index >= 15 is 0 Å². The van der Waals surface area contributed by atoms with Crippen molar-refractivity contribution < 1.29 is 22.8 Å².